The summed E-state index contributed by atoms with van der Waals surface area (Å²) in [5, 5.41) is 6.17. The van der Waals surface area contributed by atoms with Gasteiger partial charge in [0.05, 0.1) is 6.21 Å². The standard InChI is InChI=1S/C12H14BrN3O2/c1-8(2)15-11(17)12(18)16-14-7-9-3-5-10(13)6-4-9/h3-8H,1-2H3,(H,15,17)(H,16,18)/b14-7-. The minimum absolute atomic E-state index is 0.0845. The normalized spacial score (nSPS) is 10.7. The Balaban J connectivity index is 2.47. The van der Waals surface area contributed by atoms with E-state index in [0.29, 0.717) is 0 Å². The molecule has 6 heteroatoms. The van der Waals surface area contributed by atoms with Crippen LogP contribution in [0.1, 0.15) is 19.4 Å². The second-order valence-electron chi connectivity index (χ2n) is 3.88. The van der Waals surface area contributed by atoms with E-state index in [1.807, 2.05) is 24.3 Å². The highest BCUT2D eigenvalue weighted by Gasteiger charge is 2.12. The Morgan fingerprint density at radius 2 is 1.83 bits per heavy atom. The molecule has 0 atom stereocenters. The Bertz CT molecular complexity index is 455. The number of amides is 2. The van der Waals surface area contributed by atoms with Crippen molar-refractivity contribution in [3.63, 3.8) is 0 Å². The number of nitrogens with one attached hydrogen (secondary N) is 2. The van der Waals surface area contributed by atoms with Crippen LogP contribution in [0.4, 0.5) is 0 Å². The smallest absolute Gasteiger partial charge is 0.329 e. The lowest BCUT2D eigenvalue weighted by molar-refractivity contribution is -0.139. The molecule has 0 aromatic heterocycles. The van der Waals surface area contributed by atoms with Gasteiger partial charge in [0.2, 0.25) is 0 Å². The van der Waals surface area contributed by atoms with Gasteiger partial charge in [0.1, 0.15) is 0 Å². The first kappa shape index (κ1) is 14.4. The Hall–Kier alpha value is -1.69. The van der Waals surface area contributed by atoms with Gasteiger partial charge in [0.25, 0.3) is 0 Å². The van der Waals surface area contributed by atoms with E-state index >= 15 is 0 Å². The summed E-state index contributed by atoms with van der Waals surface area (Å²) in [6.07, 6.45) is 1.47. The Labute approximate surface area is 114 Å². The highest BCUT2D eigenvalue weighted by molar-refractivity contribution is 9.10. The summed E-state index contributed by atoms with van der Waals surface area (Å²) in [5.74, 6) is -1.48. The Kier molecular flexibility index (Phi) is 5.51. The van der Waals surface area contributed by atoms with Gasteiger partial charge in [-0.2, -0.15) is 5.10 Å². The van der Waals surface area contributed by atoms with E-state index in [1.165, 1.54) is 6.21 Å². The molecule has 0 fully saturated rings. The molecule has 18 heavy (non-hydrogen) atoms. The molecule has 0 saturated heterocycles. The number of rotatable bonds is 3. The third-order valence-electron chi connectivity index (χ3n) is 1.88. The SMILES string of the molecule is CC(C)NC(=O)C(=O)N/N=C\c1ccc(Br)cc1. The minimum atomic E-state index is -0.780. The first-order chi connectivity index (χ1) is 8.49. The molecule has 0 aliphatic heterocycles. The maximum Gasteiger partial charge on any atom is 0.329 e. The lowest BCUT2D eigenvalue weighted by atomic mass is 10.2. The van der Waals surface area contributed by atoms with Crippen LogP contribution >= 0.6 is 15.9 Å². The molecule has 0 radical (unpaired) electrons. The molecule has 1 aromatic rings. The zero-order valence-electron chi connectivity index (χ0n) is 10.1. The van der Waals surface area contributed by atoms with Gasteiger partial charge in [-0.05, 0) is 31.5 Å². The maximum atomic E-state index is 11.3. The van der Waals surface area contributed by atoms with Gasteiger partial charge in [-0.1, -0.05) is 28.1 Å². The van der Waals surface area contributed by atoms with Gasteiger partial charge in [-0.15, -0.1) is 0 Å². The topological polar surface area (TPSA) is 70.6 Å². The molecule has 0 heterocycles. The Morgan fingerprint density at radius 1 is 1.22 bits per heavy atom. The molecule has 0 spiro atoms. The van der Waals surface area contributed by atoms with Crippen molar-refractivity contribution in [2.45, 2.75) is 19.9 Å². The van der Waals surface area contributed by atoms with Crippen LogP contribution in [0.3, 0.4) is 0 Å². The van der Waals surface area contributed by atoms with Crippen molar-refractivity contribution in [3.8, 4) is 0 Å². The number of hydrogen-bond donors (Lipinski definition) is 2. The second-order valence-corrected chi connectivity index (χ2v) is 4.79. The van der Waals surface area contributed by atoms with Gasteiger partial charge in [-0.3, -0.25) is 9.59 Å². The second kappa shape index (κ2) is 6.90. The fourth-order valence-electron chi connectivity index (χ4n) is 1.09. The van der Waals surface area contributed by atoms with Crippen molar-refractivity contribution >= 4 is 34.0 Å². The van der Waals surface area contributed by atoms with Crippen LogP contribution < -0.4 is 10.7 Å². The van der Waals surface area contributed by atoms with Crippen molar-refractivity contribution in [2.24, 2.45) is 5.10 Å². The monoisotopic (exact) mass is 311 g/mol. The quantitative estimate of drug-likeness (QED) is 0.503. The van der Waals surface area contributed by atoms with Crippen molar-refractivity contribution in [1.82, 2.24) is 10.7 Å². The summed E-state index contributed by atoms with van der Waals surface area (Å²) in [7, 11) is 0. The molecule has 5 nitrogen and oxygen atoms in total. The largest absolute Gasteiger partial charge is 0.346 e. The number of carbonyl (C=O) groups is 2. The zero-order chi connectivity index (χ0) is 13.5. The van der Waals surface area contributed by atoms with Crippen molar-refractivity contribution < 1.29 is 9.59 Å². The Morgan fingerprint density at radius 3 is 2.39 bits per heavy atom. The minimum Gasteiger partial charge on any atom is -0.346 e. The maximum absolute atomic E-state index is 11.3. The van der Waals surface area contributed by atoms with Gasteiger partial charge in [0, 0.05) is 10.5 Å². The van der Waals surface area contributed by atoms with Crippen LogP contribution in [-0.2, 0) is 9.59 Å². The van der Waals surface area contributed by atoms with E-state index in [2.05, 4.69) is 31.8 Å². The van der Waals surface area contributed by atoms with Crippen molar-refractivity contribution in [3.05, 3.63) is 34.3 Å². The molecule has 2 amide bonds. The third-order valence-corrected chi connectivity index (χ3v) is 2.40. The number of hydrogen-bond acceptors (Lipinski definition) is 3. The summed E-state index contributed by atoms with van der Waals surface area (Å²) in [6.45, 7) is 3.55. The number of hydrazone groups is 1. The molecule has 1 rings (SSSR count). The molecule has 0 saturated carbocycles. The molecule has 2 N–H and O–H groups in total. The van der Waals surface area contributed by atoms with Gasteiger partial charge in [-0.25, -0.2) is 5.43 Å². The fourth-order valence-corrected chi connectivity index (χ4v) is 1.36. The predicted octanol–water partition coefficient (Wildman–Crippen LogP) is 1.42. The summed E-state index contributed by atoms with van der Waals surface area (Å²) >= 11 is 3.31. The first-order valence-electron chi connectivity index (χ1n) is 5.38. The first-order valence-corrected chi connectivity index (χ1v) is 6.18. The summed E-state index contributed by atoms with van der Waals surface area (Å²) in [5.41, 5.74) is 2.98. The number of benzene rings is 1. The van der Waals surface area contributed by atoms with Crippen molar-refractivity contribution in [2.75, 3.05) is 0 Å². The van der Waals surface area contributed by atoms with E-state index in [0.717, 1.165) is 10.0 Å². The molecule has 0 unspecified atom stereocenters. The molecule has 1 aromatic carbocycles. The molecule has 0 bridgehead atoms. The third kappa shape index (κ3) is 5.09. The summed E-state index contributed by atoms with van der Waals surface area (Å²) < 4.78 is 0.958. The number of carbonyl (C=O) groups excluding carboxylic acids is 2. The number of halogens is 1. The highest BCUT2D eigenvalue weighted by Crippen LogP contribution is 2.08. The van der Waals surface area contributed by atoms with Crippen molar-refractivity contribution in [1.29, 1.82) is 0 Å². The van der Waals surface area contributed by atoms with E-state index in [9.17, 15) is 9.59 Å². The summed E-state index contributed by atoms with van der Waals surface area (Å²) in [6, 6.07) is 7.28. The molecule has 96 valence electrons. The van der Waals surface area contributed by atoms with Crippen LogP contribution in [0.25, 0.3) is 0 Å². The van der Waals surface area contributed by atoms with E-state index in [-0.39, 0.29) is 6.04 Å². The van der Waals surface area contributed by atoms with Crippen LogP contribution in [0, 0.1) is 0 Å². The predicted molar refractivity (Wildman–Crippen MR) is 73.2 cm³/mol. The van der Waals surface area contributed by atoms with E-state index in [1.54, 1.807) is 13.8 Å². The average Bonchev–Trinajstić information content (AvgIpc) is 2.30. The zero-order valence-corrected chi connectivity index (χ0v) is 11.7. The van der Waals surface area contributed by atoms with Gasteiger partial charge < -0.3 is 5.32 Å². The van der Waals surface area contributed by atoms with Gasteiger partial charge >= 0.3 is 11.8 Å². The lowest BCUT2D eigenvalue weighted by Crippen LogP contribution is -2.41. The lowest BCUT2D eigenvalue weighted by Gasteiger charge is -2.05. The van der Waals surface area contributed by atoms with E-state index < -0.39 is 11.8 Å². The fraction of sp³-hybridized carbons (Fsp3) is 0.250. The van der Waals surface area contributed by atoms with Crippen LogP contribution in [0.15, 0.2) is 33.8 Å². The number of nitrogens with zero attached hydrogens (tertiary/aromatic N) is 1. The average molecular weight is 312 g/mol. The van der Waals surface area contributed by atoms with Crippen LogP contribution in [-0.4, -0.2) is 24.1 Å². The van der Waals surface area contributed by atoms with Crippen LogP contribution in [0.5, 0.6) is 0 Å². The highest BCUT2D eigenvalue weighted by atomic mass is 79.9. The molecular weight excluding hydrogens is 298 g/mol. The van der Waals surface area contributed by atoms with E-state index in [4.69, 9.17) is 0 Å². The van der Waals surface area contributed by atoms with Gasteiger partial charge in [0.15, 0.2) is 0 Å². The van der Waals surface area contributed by atoms with Crippen LogP contribution in [0.2, 0.25) is 0 Å². The molecule has 0 aliphatic carbocycles. The molecule has 0 aliphatic rings. The summed E-state index contributed by atoms with van der Waals surface area (Å²) in [4.78, 5) is 22.5. The molecular formula is C12H14BrN3O2.